The third-order valence-electron chi connectivity index (χ3n) is 7.32. The molecule has 0 saturated carbocycles. The number of nitrogens with two attached hydrogens (primary N) is 1. The van der Waals surface area contributed by atoms with Gasteiger partial charge in [0.25, 0.3) is 0 Å². The molecular weight excluding hydrogens is 657 g/mol. The van der Waals surface area contributed by atoms with Crippen LogP contribution in [-0.2, 0) is 37.4 Å². The molecule has 0 unspecified atom stereocenters. The monoisotopic (exact) mass is 685 g/mol. The SMILES string of the molecule is C[C@@]1(C(=O)[N-]c2ccc(Cl)cc2C(=N[C@H](CCC(N)=O)C(=O)O)c2ccccc2)CCCN1Cc1ccc(Cl)c(Cl)c1.[Ni]. The molecule has 3 aromatic carbocycles. The summed E-state index contributed by atoms with van der Waals surface area (Å²) in [6.07, 6.45) is 1.17. The van der Waals surface area contributed by atoms with Crippen LogP contribution in [0.4, 0.5) is 5.69 Å². The number of primary amides is 1. The smallest absolute Gasteiger partial charge is 0.328 e. The maximum Gasteiger partial charge on any atom is 0.328 e. The Morgan fingerprint density at radius 3 is 2.42 bits per heavy atom. The van der Waals surface area contributed by atoms with Gasteiger partial charge in [0, 0.05) is 40.0 Å². The number of nitrogens with zero attached hydrogens (tertiary/aromatic N) is 3. The number of carboxylic acids is 1. The van der Waals surface area contributed by atoms with Crippen LogP contribution in [0.25, 0.3) is 5.32 Å². The Kier molecular flexibility index (Phi) is 12.2. The summed E-state index contributed by atoms with van der Waals surface area (Å²) in [6, 6.07) is 17.9. The predicted molar refractivity (Wildman–Crippen MR) is 166 cm³/mol. The number of rotatable bonds is 11. The molecule has 2 atom stereocenters. The third kappa shape index (κ3) is 8.58. The number of hydrogen-bond acceptors (Lipinski definition) is 5. The van der Waals surface area contributed by atoms with Crippen LogP contribution in [0, 0.1) is 0 Å². The quantitative estimate of drug-likeness (QED) is 0.170. The van der Waals surface area contributed by atoms with E-state index in [2.05, 4.69) is 15.2 Å². The number of aliphatic imine (C=N–C) groups is 1. The summed E-state index contributed by atoms with van der Waals surface area (Å²) < 4.78 is 0. The van der Waals surface area contributed by atoms with Crippen molar-refractivity contribution in [1.29, 1.82) is 0 Å². The molecule has 230 valence electrons. The van der Waals surface area contributed by atoms with Crippen molar-refractivity contribution in [2.45, 2.75) is 50.7 Å². The van der Waals surface area contributed by atoms with Gasteiger partial charge in [-0.05, 0) is 68.1 Å². The summed E-state index contributed by atoms with van der Waals surface area (Å²) >= 11 is 18.7. The maximum absolute atomic E-state index is 13.9. The standard InChI is InChI=1S/C31H31Cl3N4O4.Ni/c1-31(14-5-15-38(31)18-19-8-10-23(33)24(34)16-19)30(42)37-25-11-9-21(32)17-22(25)28(20-6-3-2-4-7-20)36-26(29(40)41)12-13-27(35)39;/h2-4,6-11,16-17,26H,5,12-15,18H2,1H3,(H4,35,36,37,39,40,41,42);/p-1/t26-,31+;/m1./s1. The minimum Gasteiger partial charge on any atom is -0.625 e. The first-order chi connectivity index (χ1) is 20.0. The van der Waals surface area contributed by atoms with Gasteiger partial charge in [-0.25, -0.2) is 4.79 Å². The molecule has 1 aliphatic heterocycles. The molecule has 3 aromatic rings. The van der Waals surface area contributed by atoms with Gasteiger partial charge in [0.05, 0.1) is 27.2 Å². The van der Waals surface area contributed by atoms with Gasteiger partial charge in [-0.2, -0.15) is 0 Å². The van der Waals surface area contributed by atoms with Gasteiger partial charge >= 0.3 is 5.97 Å². The van der Waals surface area contributed by atoms with Crippen molar-refractivity contribution in [3.63, 3.8) is 0 Å². The van der Waals surface area contributed by atoms with Crippen LogP contribution in [0.1, 0.15) is 49.3 Å². The van der Waals surface area contributed by atoms with E-state index in [4.69, 9.17) is 40.5 Å². The van der Waals surface area contributed by atoms with E-state index in [9.17, 15) is 19.5 Å². The van der Waals surface area contributed by atoms with E-state index in [1.165, 1.54) is 0 Å². The molecule has 2 amide bonds. The summed E-state index contributed by atoms with van der Waals surface area (Å²) in [4.78, 5) is 44.0. The number of carboxylic acid groups (broad SMARTS) is 1. The molecule has 0 aromatic heterocycles. The molecule has 1 heterocycles. The van der Waals surface area contributed by atoms with Gasteiger partial charge in [-0.1, -0.05) is 77.3 Å². The Labute approximate surface area is 275 Å². The first-order valence-corrected chi connectivity index (χ1v) is 14.5. The average molecular weight is 688 g/mol. The van der Waals surface area contributed by atoms with E-state index < -0.39 is 23.5 Å². The van der Waals surface area contributed by atoms with E-state index in [1.807, 2.05) is 19.1 Å². The molecule has 1 fully saturated rings. The second kappa shape index (κ2) is 15.2. The van der Waals surface area contributed by atoms with Gasteiger partial charge in [0.2, 0.25) is 5.91 Å². The number of hydrogen-bond donors (Lipinski definition) is 2. The molecule has 0 radical (unpaired) electrons. The molecule has 43 heavy (non-hydrogen) atoms. The Hall–Kier alpha value is -2.94. The van der Waals surface area contributed by atoms with Gasteiger partial charge in [0.15, 0.2) is 0 Å². The fourth-order valence-electron chi connectivity index (χ4n) is 4.97. The van der Waals surface area contributed by atoms with Crippen LogP contribution in [0.5, 0.6) is 0 Å². The van der Waals surface area contributed by atoms with Gasteiger partial charge in [-0.3, -0.25) is 14.7 Å². The number of benzene rings is 3. The normalized spacial score (nSPS) is 17.6. The topological polar surface area (TPSA) is 127 Å². The summed E-state index contributed by atoms with van der Waals surface area (Å²) in [5.41, 5.74) is 6.88. The van der Waals surface area contributed by atoms with Crippen molar-refractivity contribution in [2.24, 2.45) is 10.7 Å². The summed E-state index contributed by atoms with van der Waals surface area (Å²) in [5, 5.41) is 15.7. The van der Waals surface area contributed by atoms with Crippen molar-refractivity contribution >= 4 is 64.0 Å². The van der Waals surface area contributed by atoms with Crippen molar-refractivity contribution in [3.05, 3.63) is 104 Å². The fraction of sp³-hybridized carbons (Fsp3) is 0.290. The molecule has 8 nitrogen and oxygen atoms in total. The first-order valence-electron chi connectivity index (χ1n) is 13.4. The molecule has 1 saturated heterocycles. The molecule has 0 aliphatic carbocycles. The van der Waals surface area contributed by atoms with E-state index in [0.717, 1.165) is 12.0 Å². The second-order valence-electron chi connectivity index (χ2n) is 10.3. The minimum atomic E-state index is -1.26. The van der Waals surface area contributed by atoms with Gasteiger partial charge in [0.1, 0.15) is 6.04 Å². The Balaban J connectivity index is 0.00000506. The van der Waals surface area contributed by atoms with Gasteiger partial charge in [-0.15, -0.1) is 5.69 Å². The molecule has 0 bridgehead atoms. The van der Waals surface area contributed by atoms with Crippen LogP contribution in [0.15, 0.2) is 71.7 Å². The molecular formula is C31H30Cl3N4NiO4-. The zero-order chi connectivity index (χ0) is 30.4. The molecule has 12 heteroatoms. The van der Waals surface area contributed by atoms with Crippen molar-refractivity contribution < 1.29 is 36.0 Å². The number of aliphatic carboxylic acids is 1. The molecule has 1 aliphatic rings. The van der Waals surface area contributed by atoms with Crippen LogP contribution in [-0.4, -0.2) is 51.6 Å². The Morgan fingerprint density at radius 1 is 1.05 bits per heavy atom. The van der Waals surface area contributed by atoms with Crippen molar-refractivity contribution in [3.8, 4) is 0 Å². The van der Waals surface area contributed by atoms with Crippen molar-refractivity contribution in [2.75, 3.05) is 6.54 Å². The first kappa shape index (κ1) is 34.6. The van der Waals surface area contributed by atoms with Crippen LogP contribution >= 0.6 is 34.8 Å². The molecule has 3 N–H and O–H groups in total. The van der Waals surface area contributed by atoms with Gasteiger partial charge < -0.3 is 21.0 Å². The van der Waals surface area contributed by atoms with E-state index in [1.54, 1.807) is 54.6 Å². The number of amides is 2. The molecule has 0 spiro atoms. The predicted octanol–water partition coefficient (Wildman–Crippen LogP) is 6.79. The van der Waals surface area contributed by atoms with E-state index >= 15 is 0 Å². The van der Waals surface area contributed by atoms with Crippen LogP contribution < -0.4 is 5.73 Å². The van der Waals surface area contributed by atoms with Crippen molar-refractivity contribution in [1.82, 2.24) is 4.90 Å². The minimum absolute atomic E-state index is 0. The summed E-state index contributed by atoms with van der Waals surface area (Å²) in [5.74, 6) is -2.19. The Morgan fingerprint density at radius 2 is 1.77 bits per heavy atom. The zero-order valence-corrected chi connectivity index (χ0v) is 26.5. The maximum atomic E-state index is 13.9. The Bertz CT molecular complexity index is 1520. The van der Waals surface area contributed by atoms with Crippen LogP contribution in [0.2, 0.25) is 15.1 Å². The number of halogens is 3. The van der Waals surface area contributed by atoms with E-state index in [-0.39, 0.29) is 41.0 Å². The second-order valence-corrected chi connectivity index (χ2v) is 11.6. The summed E-state index contributed by atoms with van der Waals surface area (Å²) in [7, 11) is 0. The fourth-order valence-corrected chi connectivity index (χ4v) is 5.46. The summed E-state index contributed by atoms with van der Waals surface area (Å²) in [6.45, 7) is 3.05. The number of carbonyl (C=O) groups is 3. The third-order valence-corrected chi connectivity index (χ3v) is 8.30. The van der Waals surface area contributed by atoms with Crippen LogP contribution in [0.3, 0.4) is 0 Å². The number of likely N-dealkylation sites (tertiary alicyclic amines) is 1. The van der Waals surface area contributed by atoms with E-state index in [0.29, 0.717) is 51.4 Å². The largest absolute Gasteiger partial charge is 0.625 e. The number of carbonyl (C=O) groups excluding carboxylic acids is 2. The zero-order valence-electron chi connectivity index (χ0n) is 23.2. The molecule has 4 rings (SSSR count). The average Bonchev–Trinajstić information content (AvgIpc) is 3.33.